The Kier molecular flexibility index (Phi) is 6.09. The van der Waals surface area contributed by atoms with Gasteiger partial charge in [-0.1, -0.05) is 27.7 Å². The SMILES string of the molecule is CC(=O)OC1[C@H](C)OC(C)[C@H](O[C@@H]2OC[C@@H](C)[C@H](C)C2C)[C@@H]1C. The van der Waals surface area contributed by atoms with Crippen LogP contribution in [-0.2, 0) is 23.7 Å². The Bertz CT molecular complexity index is 412. The van der Waals surface area contributed by atoms with Crippen LogP contribution in [0, 0.1) is 23.7 Å². The molecule has 5 nitrogen and oxygen atoms in total. The summed E-state index contributed by atoms with van der Waals surface area (Å²) >= 11 is 0. The summed E-state index contributed by atoms with van der Waals surface area (Å²) in [6.07, 6.45) is -0.858. The highest BCUT2D eigenvalue weighted by molar-refractivity contribution is 5.66. The third-order valence-corrected chi connectivity index (χ3v) is 5.66. The van der Waals surface area contributed by atoms with Crippen molar-refractivity contribution in [3.8, 4) is 0 Å². The van der Waals surface area contributed by atoms with Crippen molar-refractivity contribution in [3.63, 3.8) is 0 Å². The summed E-state index contributed by atoms with van der Waals surface area (Å²) in [5.74, 6) is 1.19. The standard InChI is InChI=1S/C18H32O5/c1-9-8-20-18(11(3)10(9)2)23-17-12(4)16(22-15(7)19)13(5)21-14(17)6/h9-14,16-18H,8H2,1-7H3/t9-,10+,11?,12-,13+,14?,16?,17-,18+/m1/s1. The molecule has 2 rings (SSSR count). The average molecular weight is 328 g/mol. The number of rotatable bonds is 3. The van der Waals surface area contributed by atoms with Crippen LogP contribution in [0.4, 0.5) is 0 Å². The van der Waals surface area contributed by atoms with E-state index in [2.05, 4.69) is 27.7 Å². The maximum absolute atomic E-state index is 11.4. The third kappa shape index (κ3) is 4.06. The molecule has 9 atom stereocenters. The van der Waals surface area contributed by atoms with Crippen LogP contribution in [0.3, 0.4) is 0 Å². The number of ether oxygens (including phenoxy) is 4. The van der Waals surface area contributed by atoms with Crippen molar-refractivity contribution in [1.29, 1.82) is 0 Å². The topological polar surface area (TPSA) is 54.0 Å². The molecule has 0 saturated carbocycles. The average Bonchev–Trinajstić information content (AvgIpc) is 2.47. The summed E-state index contributed by atoms with van der Waals surface area (Å²) in [6, 6.07) is 0. The molecule has 3 unspecified atom stereocenters. The summed E-state index contributed by atoms with van der Waals surface area (Å²) in [5, 5.41) is 0. The second kappa shape index (κ2) is 7.49. The Balaban J connectivity index is 2.06. The largest absolute Gasteiger partial charge is 0.459 e. The smallest absolute Gasteiger partial charge is 0.303 e. The maximum Gasteiger partial charge on any atom is 0.303 e. The molecule has 23 heavy (non-hydrogen) atoms. The lowest BCUT2D eigenvalue weighted by Gasteiger charge is -2.46. The fourth-order valence-electron chi connectivity index (χ4n) is 3.80. The molecule has 2 heterocycles. The molecule has 2 aliphatic heterocycles. The van der Waals surface area contributed by atoms with Gasteiger partial charge in [0.2, 0.25) is 0 Å². The predicted octanol–water partition coefficient (Wildman–Crippen LogP) is 3.01. The van der Waals surface area contributed by atoms with Crippen molar-refractivity contribution < 1.29 is 23.7 Å². The van der Waals surface area contributed by atoms with Crippen molar-refractivity contribution in [3.05, 3.63) is 0 Å². The Morgan fingerprint density at radius 1 is 0.913 bits per heavy atom. The third-order valence-electron chi connectivity index (χ3n) is 5.66. The summed E-state index contributed by atoms with van der Waals surface area (Å²) < 4.78 is 23.7. The maximum atomic E-state index is 11.4. The molecule has 2 saturated heterocycles. The second-order valence-corrected chi connectivity index (χ2v) is 7.48. The Morgan fingerprint density at radius 2 is 1.52 bits per heavy atom. The van der Waals surface area contributed by atoms with Crippen LogP contribution in [0.1, 0.15) is 48.5 Å². The number of esters is 1. The van der Waals surface area contributed by atoms with Crippen LogP contribution >= 0.6 is 0 Å². The molecular formula is C18H32O5. The van der Waals surface area contributed by atoms with Gasteiger partial charge in [-0.2, -0.15) is 0 Å². The van der Waals surface area contributed by atoms with E-state index >= 15 is 0 Å². The van der Waals surface area contributed by atoms with E-state index in [0.29, 0.717) is 17.8 Å². The molecular weight excluding hydrogens is 296 g/mol. The zero-order valence-corrected chi connectivity index (χ0v) is 15.4. The van der Waals surface area contributed by atoms with Crippen LogP contribution in [0.2, 0.25) is 0 Å². The Labute approximate surface area is 140 Å². The van der Waals surface area contributed by atoms with Gasteiger partial charge in [-0.3, -0.25) is 4.79 Å². The van der Waals surface area contributed by atoms with Crippen LogP contribution < -0.4 is 0 Å². The molecule has 0 aromatic carbocycles. The lowest BCUT2D eigenvalue weighted by molar-refractivity contribution is -0.287. The van der Waals surface area contributed by atoms with Crippen molar-refractivity contribution in [2.45, 2.75) is 79.2 Å². The summed E-state index contributed by atoms with van der Waals surface area (Å²) in [6.45, 7) is 14.8. The number of hydrogen-bond acceptors (Lipinski definition) is 5. The van der Waals surface area contributed by atoms with Gasteiger partial charge in [0.25, 0.3) is 0 Å². The highest BCUT2D eigenvalue weighted by Crippen LogP contribution is 2.36. The molecule has 0 N–H and O–H groups in total. The van der Waals surface area contributed by atoms with Gasteiger partial charge < -0.3 is 18.9 Å². The van der Waals surface area contributed by atoms with Gasteiger partial charge in [0.05, 0.1) is 24.9 Å². The number of carbonyl (C=O) groups excluding carboxylic acids is 1. The number of hydrogen-bond donors (Lipinski definition) is 0. The van der Waals surface area contributed by atoms with E-state index in [1.807, 2.05) is 13.8 Å². The Morgan fingerprint density at radius 3 is 2.13 bits per heavy atom. The lowest BCUT2D eigenvalue weighted by atomic mass is 9.82. The summed E-state index contributed by atoms with van der Waals surface area (Å²) in [7, 11) is 0. The van der Waals surface area contributed by atoms with Crippen molar-refractivity contribution >= 4 is 5.97 Å². The van der Waals surface area contributed by atoms with Gasteiger partial charge >= 0.3 is 5.97 Å². The van der Waals surface area contributed by atoms with E-state index in [1.165, 1.54) is 6.92 Å². The first-order valence-electron chi connectivity index (χ1n) is 8.82. The van der Waals surface area contributed by atoms with E-state index in [4.69, 9.17) is 18.9 Å². The van der Waals surface area contributed by atoms with Gasteiger partial charge in [0.1, 0.15) is 6.10 Å². The van der Waals surface area contributed by atoms with Gasteiger partial charge in [0, 0.05) is 18.8 Å². The number of carbonyl (C=O) groups is 1. The fourth-order valence-corrected chi connectivity index (χ4v) is 3.80. The molecule has 0 aliphatic carbocycles. The molecule has 0 aromatic rings. The zero-order chi connectivity index (χ0) is 17.3. The zero-order valence-electron chi connectivity index (χ0n) is 15.4. The molecule has 134 valence electrons. The monoisotopic (exact) mass is 328 g/mol. The highest BCUT2D eigenvalue weighted by Gasteiger charge is 2.45. The van der Waals surface area contributed by atoms with Gasteiger partial charge in [0.15, 0.2) is 6.29 Å². The quantitative estimate of drug-likeness (QED) is 0.746. The second-order valence-electron chi connectivity index (χ2n) is 7.48. The van der Waals surface area contributed by atoms with Crippen LogP contribution in [0.25, 0.3) is 0 Å². The highest BCUT2D eigenvalue weighted by atomic mass is 16.7. The minimum absolute atomic E-state index is 0.0581. The molecule has 2 aliphatic rings. The van der Waals surface area contributed by atoms with Crippen LogP contribution in [0.15, 0.2) is 0 Å². The van der Waals surface area contributed by atoms with E-state index < -0.39 is 0 Å². The first kappa shape index (κ1) is 18.7. The lowest BCUT2D eigenvalue weighted by Crippen LogP contribution is -2.55. The van der Waals surface area contributed by atoms with E-state index in [1.54, 1.807) is 0 Å². The van der Waals surface area contributed by atoms with Crippen molar-refractivity contribution in [2.75, 3.05) is 6.61 Å². The van der Waals surface area contributed by atoms with Crippen LogP contribution in [0.5, 0.6) is 0 Å². The molecule has 0 bridgehead atoms. The molecule has 0 aromatic heterocycles. The van der Waals surface area contributed by atoms with Gasteiger partial charge in [-0.25, -0.2) is 0 Å². The normalized spacial score (nSPS) is 48.0. The molecule has 5 heteroatoms. The fraction of sp³-hybridized carbons (Fsp3) is 0.944. The minimum Gasteiger partial charge on any atom is -0.459 e. The minimum atomic E-state index is -0.288. The predicted molar refractivity (Wildman–Crippen MR) is 86.8 cm³/mol. The molecule has 2 fully saturated rings. The van der Waals surface area contributed by atoms with E-state index in [-0.39, 0.29) is 42.6 Å². The van der Waals surface area contributed by atoms with Gasteiger partial charge in [-0.05, 0) is 25.7 Å². The summed E-state index contributed by atoms with van der Waals surface area (Å²) in [4.78, 5) is 11.4. The Hall–Kier alpha value is -0.650. The van der Waals surface area contributed by atoms with Crippen LogP contribution in [-0.4, -0.2) is 43.3 Å². The van der Waals surface area contributed by atoms with Gasteiger partial charge in [-0.15, -0.1) is 0 Å². The summed E-state index contributed by atoms with van der Waals surface area (Å²) in [5.41, 5.74) is 0. The molecule has 0 spiro atoms. The van der Waals surface area contributed by atoms with E-state index in [9.17, 15) is 4.79 Å². The van der Waals surface area contributed by atoms with E-state index in [0.717, 1.165) is 6.61 Å². The first-order chi connectivity index (χ1) is 10.7. The molecule has 0 amide bonds. The van der Waals surface area contributed by atoms with Crippen molar-refractivity contribution in [1.82, 2.24) is 0 Å². The molecule has 0 radical (unpaired) electrons. The first-order valence-corrected chi connectivity index (χ1v) is 8.82. The van der Waals surface area contributed by atoms with Crippen molar-refractivity contribution in [2.24, 2.45) is 23.7 Å².